The minimum Gasteiger partial charge on any atom is -0.497 e. The molecule has 1 heterocycles. The molecule has 34 heavy (non-hydrogen) atoms. The minimum absolute atomic E-state index is 0.0172. The molecule has 0 unspecified atom stereocenters. The molecule has 1 atom stereocenters. The summed E-state index contributed by atoms with van der Waals surface area (Å²) in [5.41, 5.74) is 2.19. The number of hydrogen-bond donors (Lipinski definition) is 1. The first-order valence-corrected chi connectivity index (χ1v) is 11.4. The van der Waals surface area contributed by atoms with Crippen LogP contribution in [0.25, 0.3) is 11.0 Å². The highest BCUT2D eigenvalue weighted by atomic mass is 16.5. The van der Waals surface area contributed by atoms with Crippen LogP contribution in [0.3, 0.4) is 0 Å². The highest BCUT2D eigenvalue weighted by molar-refractivity contribution is 5.89. The van der Waals surface area contributed by atoms with Gasteiger partial charge in [0.1, 0.15) is 23.9 Å². The van der Waals surface area contributed by atoms with Gasteiger partial charge in [-0.05, 0) is 42.2 Å². The molecule has 0 aliphatic heterocycles. The predicted molar refractivity (Wildman–Crippen MR) is 129 cm³/mol. The number of aromatic nitrogens is 3. The zero-order valence-corrected chi connectivity index (χ0v) is 20.2. The number of methoxy groups -OCH3 is 2. The molecule has 9 nitrogen and oxygen atoms in total. The van der Waals surface area contributed by atoms with Crippen molar-refractivity contribution in [3.05, 3.63) is 54.1 Å². The summed E-state index contributed by atoms with van der Waals surface area (Å²) in [6.45, 7) is 5.32. The lowest BCUT2D eigenvalue weighted by atomic mass is 10.0. The number of benzene rings is 2. The molecule has 0 saturated heterocycles. The third kappa shape index (κ3) is 6.32. The fraction of sp³-hybridized carbons (Fsp3) is 0.440. The van der Waals surface area contributed by atoms with Gasteiger partial charge in [0.2, 0.25) is 11.8 Å². The third-order valence-electron chi connectivity index (χ3n) is 5.57. The Morgan fingerprint density at radius 3 is 2.50 bits per heavy atom. The third-order valence-corrected chi connectivity index (χ3v) is 5.57. The highest BCUT2D eigenvalue weighted by Gasteiger charge is 2.31. The quantitative estimate of drug-likeness (QED) is 0.411. The number of para-hydroxylation sites is 1. The lowest BCUT2D eigenvalue weighted by molar-refractivity contribution is -0.141. The van der Waals surface area contributed by atoms with E-state index in [1.807, 2.05) is 36.4 Å². The van der Waals surface area contributed by atoms with E-state index in [1.165, 1.54) is 0 Å². The van der Waals surface area contributed by atoms with Crippen molar-refractivity contribution in [3.63, 3.8) is 0 Å². The van der Waals surface area contributed by atoms with Gasteiger partial charge in [0, 0.05) is 20.2 Å². The number of carbonyl (C=O) groups is 2. The molecular formula is C25H33N5O4. The molecule has 182 valence electrons. The van der Waals surface area contributed by atoms with Crippen molar-refractivity contribution in [1.29, 1.82) is 0 Å². The molecule has 9 heteroatoms. The number of fused-ring (bicyclic) bond motifs is 1. The Balaban J connectivity index is 1.94. The summed E-state index contributed by atoms with van der Waals surface area (Å²) in [4.78, 5) is 28.6. The van der Waals surface area contributed by atoms with Gasteiger partial charge in [0.15, 0.2) is 0 Å². The second-order valence-electron chi connectivity index (χ2n) is 8.46. The van der Waals surface area contributed by atoms with Crippen molar-refractivity contribution in [2.75, 3.05) is 33.9 Å². The van der Waals surface area contributed by atoms with E-state index < -0.39 is 6.04 Å². The van der Waals surface area contributed by atoms with E-state index >= 15 is 0 Å². The first-order chi connectivity index (χ1) is 16.4. The van der Waals surface area contributed by atoms with Crippen molar-refractivity contribution in [2.24, 2.45) is 5.92 Å². The van der Waals surface area contributed by atoms with Crippen LogP contribution >= 0.6 is 0 Å². The standard InChI is InChI=1S/C25H33N5O4/c1-18(2)13-15-29(23(31)17-30-22-8-6-5-7-21(22)27-28-30)24(25(32)26-14-16-33-3)19-9-11-20(34-4)12-10-19/h5-12,18,24H,13-17H2,1-4H3,(H,26,32)/t24-/m0/s1. The molecule has 1 aromatic heterocycles. The summed E-state index contributed by atoms with van der Waals surface area (Å²) < 4.78 is 11.9. The number of ether oxygens (including phenoxy) is 2. The fourth-order valence-electron chi connectivity index (χ4n) is 3.68. The van der Waals surface area contributed by atoms with Crippen molar-refractivity contribution >= 4 is 22.8 Å². The van der Waals surface area contributed by atoms with E-state index in [0.717, 1.165) is 11.9 Å². The van der Waals surface area contributed by atoms with Gasteiger partial charge in [-0.2, -0.15) is 0 Å². The first-order valence-electron chi connectivity index (χ1n) is 11.4. The number of amides is 2. The maximum Gasteiger partial charge on any atom is 0.247 e. The smallest absolute Gasteiger partial charge is 0.247 e. The van der Waals surface area contributed by atoms with Gasteiger partial charge < -0.3 is 19.7 Å². The Labute approximate surface area is 200 Å². The van der Waals surface area contributed by atoms with Crippen molar-refractivity contribution in [3.8, 4) is 5.75 Å². The monoisotopic (exact) mass is 467 g/mol. The van der Waals surface area contributed by atoms with Crippen LogP contribution in [0, 0.1) is 5.92 Å². The van der Waals surface area contributed by atoms with Crippen molar-refractivity contribution in [1.82, 2.24) is 25.2 Å². The molecule has 3 aromatic rings. The molecule has 3 rings (SSSR count). The van der Waals surface area contributed by atoms with Crippen LogP contribution in [-0.2, 0) is 20.9 Å². The summed E-state index contributed by atoms with van der Waals surface area (Å²) in [7, 11) is 3.17. The number of hydrogen-bond acceptors (Lipinski definition) is 6. The summed E-state index contributed by atoms with van der Waals surface area (Å²) >= 11 is 0. The molecule has 0 spiro atoms. The molecule has 2 aromatic carbocycles. The largest absolute Gasteiger partial charge is 0.497 e. The summed E-state index contributed by atoms with van der Waals surface area (Å²) in [5, 5.41) is 11.2. The fourth-order valence-corrected chi connectivity index (χ4v) is 3.68. The first kappa shape index (κ1) is 25.2. The number of nitrogens with zero attached hydrogens (tertiary/aromatic N) is 4. The summed E-state index contributed by atoms with van der Waals surface area (Å²) in [6.07, 6.45) is 0.752. The zero-order valence-electron chi connectivity index (χ0n) is 20.2. The summed E-state index contributed by atoms with van der Waals surface area (Å²) in [6, 6.07) is 13.9. The second kappa shape index (κ2) is 12.1. The summed E-state index contributed by atoms with van der Waals surface area (Å²) in [5.74, 6) is 0.564. The predicted octanol–water partition coefficient (Wildman–Crippen LogP) is 2.82. The zero-order chi connectivity index (χ0) is 24.5. The Kier molecular flexibility index (Phi) is 8.98. The van der Waals surface area contributed by atoms with Crippen molar-refractivity contribution < 1.29 is 19.1 Å². The van der Waals surface area contributed by atoms with Crippen LogP contribution in [0.1, 0.15) is 31.9 Å². The molecule has 0 radical (unpaired) electrons. The molecule has 2 amide bonds. The van der Waals surface area contributed by atoms with Crippen molar-refractivity contribution in [2.45, 2.75) is 32.9 Å². The molecule has 0 aliphatic rings. The van der Waals surface area contributed by atoms with E-state index in [0.29, 0.717) is 42.4 Å². The molecule has 0 aliphatic carbocycles. The van der Waals surface area contributed by atoms with E-state index in [2.05, 4.69) is 29.5 Å². The molecule has 1 N–H and O–H groups in total. The Morgan fingerprint density at radius 1 is 1.09 bits per heavy atom. The van der Waals surface area contributed by atoms with Crippen LogP contribution in [0.2, 0.25) is 0 Å². The lowest BCUT2D eigenvalue weighted by Crippen LogP contribution is -2.46. The SMILES string of the molecule is COCCNC(=O)[C@H](c1ccc(OC)cc1)N(CCC(C)C)C(=O)Cn1nnc2ccccc21. The molecular weight excluding hydrogens is 434 g/mol. The average molecular weight is 468 g/mol. The maximum atomic E-state index is 13.6. The van der Waals surface area contributed by atoms with Gasteiger partial charge in [-0.25, -0.2) is 4.68 Å². The van der Waals surface area contributed by atoms with Gasteiger partial charge in [0.05, 0.1) is 19.2 Å². The highest BCUT2D eigenvalue weighted by Crippen LogP contribution is 2.25. The van der Waals surface area contributed by atoms with E-state index in [9.17, 15) is 9.59 Å². The Bertz CT molecular complexity index is 1080. The van der Waals surface area contributed by atoms with E-state index in [-0.39, 0.29) is 18.4 Å². The molecule has 0 saturated carbocycles. The number of rotatable bonds is 12. The Morgan fingerprint density at radius 2 is 1.82 bits per heavy atom. The number of nitrogens with one attached hydrogen (secondary N) is 1. The minimum atomic E-state index is -0.802. The van der Waals surface area contributed by atoms with Crippen LogP contribution in [-0.4, -0.2) is 65.6 Å². The molecule has 0 bridgehead atoms. The maximum absolute atomic E-state index is 13.6. The van der Waals surface area contributed by atoms with E-state index in [4.69, 9.17) is 9.47 Å². The topological polar surface area (TPSA) is 98.6 Å². The van der Waals surface area contributed by atoms with Gasteiger partial charge in [0.25, 0.3) is 0 Å². The Hall–Kier alpha value is -3.46. The van der Waals surface area contributed by atoms with Crippen LogP contribution in [0.5, 0.6) is 5.75 Å². The second-order valence-corrected chi connectivity index (χ2v) is 8.46. The van der Waals surface area contributed by atoms with Gasteiger partial charge in [-0.1, -0.05) is 43.3 Å². The average Bonchev–Trinajstić information content (AvgIpc) is 3.24. The van der Waals surface area contributed by atoms with Gasteiger partial charge in [-0.15, -0.1) is 5.10 Å². The van der Waals surface area contributed by atoms with Crippen LogP contribution in [0.4, 0.5) is 0 Å². The van der Waals surface area contributed by atoms with E-state index in [1.54, 1.807) is 35.9 Å². The van der Waals surface area contributed by atoms with Crippen LogP contribution in [0.15, 0.2) is 48.5 Å². The van der Waals surface area contributed by atoms with Gasteiger partial charge >= 0.3 is 0 Å². The van der Waals surface area contributed by atoms with Gasteiger partial charge in [-0.3, -0.25) is 9.59 Å². The normalized spacial score (nSPS) is 12.0. The van der Waals surface area contributed by atoms with Crippen LogP contribution < -0.4 is 10.1 Å². The number of carbonyl (C=O) groups excluding carboxylic acids is 2. The molecule has 0 fully saturated rings. The lowest BCUT2D eigenvalue weighted by Gasteiger charge is -2.32.